The summed E-state index contributed by atoms with van der Waals surface area (Å²) in [5.41, 5.74) is 5.75. The number of nitrogens with zero attached hydrogens (tertiary/aromatic N) is 1. The molecule has 0 radical (unpaired) electrons. The molecule has 0 saturated carbocycles. The van der Waals surface area contributed by atoms with Gasteiger partial charge in [-0.3, -0.25) is 0 Å². The normalized spacial score (nSPS) is 14.4. The summed E-state index contributed by atoms with van der Waals surface area (Å²) in [6.45, 7) is 12.2. The Bertz CT molecular complexity index is 132. The minimum absolute atomic E-state index is 0.646. The molecule has 0 amide bonds. The molecule has 2 heteroatoms. The lowest BCUT2D eigenvalue weighted by Crippen LogP contribution is -2.34. The van der Waals surface area contributed by atoms with E-state index in [0.29, 0.717) is 11.8 Å². The number of hydrogen-bond donors (Lipinski definition) is 1. The molecule has 0 aromatic heterocycles. The van der Waals surface area contributed by atoms with Gasteiger partial charge < -0.3 is 10.6 Å². The van der Waals surface area contributed by atoms with Crippen molar-refractivity contribution in [3.8, 4) is 0 Å². The van der Waals surface area contributed by atoms with Crippen LogP contribution in [0.4, 0.5) is 0 Å². The first-order valence-corrected chi connectivity index (χ1v) is 5.86. The maximum Gasteiger partial charge on any atom is 0.00211 e. The molecule has 0 fully saturated rings. The molecule has 0 aliphatic carbocycles. The largest absolute Gasteiger partial charge is 0.330 e. The molecule has 86 valence electrons. The van der Waals surface area contributed by atoms with Gasteiger partial charge in [0, 0.05) is 6.54 Å². The van der Waals surface area contributed by atoms with E-state index in [1.54, 1.807) is 0 Å². The van der Waals surface area contributed by atoms with Crippen molar-refractivity contribution in [2.24, 2.45) is 23.5 Å². The Morgan fingerprint density at radius 2 is 1.71 bits per heavy atom. The molecule has 2 N–H and O–H groups in total. The van der Waals surface area contributed by atoms with Gasteiger partial charge in [0.2, 0.25) is 0 Å². The van der Waals surface area contributed by atoms with Gasteiger partial charge >= 0.3 is 0 Å². The van der Waals surface area contributed by atoms with Crippen LogP contribution in [-0.4, -0.2) is 31.6 Å². The van der Waals surface area contributed by atoms with Gasteiger partial charge in [-0.2, -0.15) is 0 Å². The minimum atomic E-state index is 0.646. The zero-order valence-corrected chi connectivity index (χ0v) is 10.6. The summed E-state index contributed by atoms with van der Waals surface area (Å²) in [5, 5.41) is 0. The lowest BCUT2D eigenvalue weighted by molar-refractivity contribution is 0.231. The van der Waals surface area contributed by atoms with Crippen LogP contribution in [0.15, 0.2) is 0 Å². The van der Waals surface area contributed by atoms with Crippen LogP contribution in [0.25, 0.3) is 0 Å². The van der Waals surface area contributed by atoms with E-state index in [2.05, 4.69) is 39.6 Å². The van der Waals surface area contributed by atoms with Crippen LogP contribution < -0.4 is 5.73 Å². The van der Waals surface area contributed by atoms with Crippen LogP contribution in [0.2, 0.25) is 0 Å². The first kappa shape index (κ1) is 13.9. The Morgan fingerprint density at radius 3 is 2.07 bits per heavy atom. The number of hydrogen-bond acceptors (Lipinski definition) is 2. The Labute approximate surface area is 89.9 Å². The minimum Gasteiger partial charge on any atom is -0.330 e. The monoisotopic (exact) mass is 200 g/mol. The summed E-state index contributed by atoms with van der Waals surface area (Å²) >= 11 is 0. The van der Waals surface area contributed by atoms with Crippen molar-refractivity contribution in [2.75, 3.05) is 26.7 Å². The Kier molecular flexibility index (Phi) is 7.20. The quantitative estimate of drug-likeness (QED) is 0.682. The highest BCUT2D eigenvalue weighted by Gasteiger charge is 2.13. The van der Waals surface area contributed by atoms with E-state index in [1.165, 1.54) is 13.0 Å². The van der Waals surface area contributed by atoms with E-state index in [9.17, 15) is 0 Å². The fraction of sp³-hybridized carbons (Fsp3) is 1.00. The van der Waals surface area contributed by atoms with Crippen molar-refractivity contribution in [3.05, 3.63) is 0 Å². The van der Waals surface area contributed by atoms with Crippen molar-refractivity contribution in [1.82, 2.24) is 4.90 Å². The first-order chi connectivity index (χ1) is 6.47. The van der Waals surface area contributed by atoms with E-state index in [1.807, 2.05) is 0 Å². The molecule has 0 aliphatic heterocycles. The van der Waals surface area contributed by atoms with Gasteiger partial charge in [0.1, 0.15) is 0 Å². The lowest BCUT2D eigenvalue weighted by atomic mass is 9.95. The smallest absolute Gasteiger partial charge is 0.00211 e. The van der Waals surface area contributed by atoms with Crippen LogP contribution >= 0.6 is 0 Å². The van der Waals surface area contributed by atoms with Gasteiger partial charge in [-0.05, 0) is 44.3 Å². The second-order valence-electron chi connectivity index (χ2n) is 5.18. The fourth-order valence-electron chi connectivity index (χ4n) is 1.53. The van der Waals surface area contributed by atoms with Gasteiger partial charge in [0.05, 0.1) is 0 Å². The molecule has 1 atom stereocenters. The summed E-state index contributed by atoms with van der Waals surface area (Å²) in [5.74, 6) is 2.14. The first-order valence-electron chi connectivity index (χ1n) is 5.86. The maximum absolute atomic E-state index is 5.75. The summed E-state index contributed by atoms with van der Waals surface area (Å²) in [6.07, 6.45) is 1.28. The van der Waals surface area contributed by atoms with E-state index in [-0.39, 0.29) is 0 Å². The Hall–Kier alpha value is -0.0800. The Balaban J connectivity index is 3.73. The van der Waals surface area contributed by atoms with Crippen LogP contribution in [0.1, 0.15) is 34.1 Å². The molecule has 0 aliphatic rings. The summed E-state index contributed by atoms with van der Waals surface area (Å²) in [4.78, 5) is 2.41. The Morgan fingerprint density at radius 1 is 1.14 bits per heavy atom. The van der Waals surface area contributed by atoms with E-state index >= 15 is 0 Å². The van der Waals surface area contributed by atoms with Crippen LogP contribution in [0.3, 0.4) is 0 Å². The molecule has 0 rings (SSSR count). The third kappa shape index (κ3) is 6.39. The van der Waals surface area contributed by atoms with Crippen LogP contribution in [-0.2, 0) is 0 Å². The van der Waals surface area contributed by atoms with Gasteiger partial charge in [-0.25, -0.2) is 0 Å². The average molecular weight is 200 g/mol. The number of nitrogens with two attached hydrogens (primary N) is 1. The van der Waals surface area contributed by atoms with Gasteiger partial charge in [-0.15, -0.1) is 0 Å². The topological polar surface area (TPSA) is 29.3 Å². The highest BCUT2D eigenvalue weighted by molar-refractivity contribution is 4.68. The van der Waals surface area contributed by atoms with E-state index in [4.69, 9.17) is 5.73 Å². The molecule has 1 unspecified atom stereocenters. The van der Waals surface area contributed by atoms with Crippen LogP contribution in [0, 0.1) is 17.8 Å². The second kappa shape index (κ2) is 7.24. The molecule has 0 spiro atoms. The molecule has 0 saturated heterocycles. The van der Waals surface area contributed by atoms with Gasteiger partial charge in [-0.1, -0.05) is 27.7 Å². The SMILES string of the molecule is CC(C)CCN(C)CC(CN)C(C)C. The zero-order valence-electron chi connectivity index (χ0n) is 10.6. The maximum atomic E-state index is 5.75. The highest BCUT2D eigenvalue weighted by Crippen LogP contribution is 2.11. The second-order valence-corrected chi connectivity index (χ2v) is 5.18. The molecule has 2 nitrogen and oxygen atoms in total. The number of rotatable bonds is 7. The van der Waals surface area contributed by atoms with Gasteiger partial charge in [0.25, 0.3) is 0 Å². The molecule has 0 aromatic carbocycles. The summed E-state index contributed by atoms with van der Waals surface area (Å²) < 4.78 is 0. The van der Waals surface area contributed by atoms with Gasteiger partial charge in [0.15, 0.2) is 0 Å². The molecular weight excluding hydrogens is 172 g/mol. The predicted octanol–water partition coefficient (Wildman–Crippen LogP) is 2.20. The predicted molar refractivity (Wildman–Crippen MR) is 64.3 cm³/mol. The molecule has 0 bridgehead atoms. The van der Waals surface area contributed by atoms with Crippen molar-refractivity contribution < 1.29 is 0 Å². The summed E-state index contributed by atoms with van der Waals surface area (Å²) in [6, 6.07) is 0. The summed E-state index contributed by atoms with van der Waals surface area (Å²) in [7, 11) is 2.20. The lowest BCUT2D eigenvalue weighted by Gasteiger charge is -2.26. The van der Waals surface area contributed by atoms with Crippen molar-refractivity contribution >= 4 is 0 Å². The highest BCUT2D eigenvalue weighted by atomic mass is 15.1. The molecule has 14 heavy (non-hydrogen) atoms. The zero-order chi connectivity index (χ0) is 11.1. The standard InChI is InChI=1S/C12H28N2/c1-10(2)6-7-14(5)9-12(8-13)11(3)4/h10-12H,6-9,13H2,1-5H3. The molecule has 0 heterocycles. The van der Waals surface area contributed by atoms with Crippen molar-refractivity contribution in [3.63, 3.8) is 0 Å². The van der Waals surface area contributed by atoms with E-state index in [0.717, 1.165) is 19.0 Å². The molecule has 0 aromatic rings. The fourth-order valence-corrected chi connectivity index (χ4v) is 1.53. The van der Waals surface area contributed by atoms with Crippen LogP contribution in [0.5, 0.6) is 0 Å². The third-order valence-corrected chi connectivity index (χ3v) is 2.88. The van der Waals surface area contributed by atoms with Crippen molar-refractivity contribution in [2.45, 2.75) is 34.1 Å². The third-order valence-electron chi connectivity index (χ3n) is 2.88. The molecular formula is C12H28N2. The average Bonchev–Trinajstić information content (AvgIpc) is 2.10. The van der Waals surface area contributed by atoms with Crippen molar-refractivity contribution in [1.29, 1.82) is 0 Å². The van der Waals surface area contributed by atoms with E-state index < -0.39 is 0 Å².